The Kier molecular flexibility index (Phi) is 12.2. The molecule has 6 atom stereocenters. The van der Waals surface area contributed by atoms with Crippen LogP contribution in [-0.2, 0) is 30.1 Å². The highest BCUT2D eigenvalue weighted by Crippen LogP contribution is 2.65. The number of carbonyl (C=O) groups excluding carboxylic acids is 3. The highest BCUT2D eigenvalue weighted by atomic mass is 16.7. The lowest BCUT2D eigenvalue weighted by atomic mass is 9.43. The molecule has 0 spiro atoms. The van der Waals surface area contributed by atoms with E-state index < -0.39 is 29.6 Å². The summed E-state index contributed by atoms with van der Waals surface area (Å²) in [6.45, 7) is 11.1. The largest absolute Gasteiger partial charge is 0.481 e. The van der Waals surface area contributed by atoms with Crippen LogP contribution in [0, 0.1) is 39.2 Å². The lowest BCUT2D eigenvalue weighted by Crippen LogP contribution is -2.65. The molecular weight excluding hydrogens is 601 g/mol. The van der Waals surface area contributed by atoms with Crippen molar-refractivity contribution in [1.82, 2.24) is 10.7 Å². The van der Waals surface area contributed by atoms with E-state index in [1.54, 1.807) is 5.43 Å². The zero-order valence-corrected chi connectivity index (χ0v) is 28.5. The molecule has 5 rings (SSSR count). The van der Waals surface area contributed by atoms with Gasteiger partial charge >= 0.3 is 7.12 Å². The van der Waals surface area contributed by atoms with Crippen molar-refractivity contribution in [2.45, 2.75) is 116 Å². The maximum absolute atomic E-state index is 13.9. The first-order valence-electron chi connectivity index (χ1n) is 17.1. The zero-order chi connectivity index (χ0) is 34.4. The van der Waals surface area contributed by atoms with E-state index in [0.717, 1.165) is 18.4 Å². The topological polar surface area (TPSA) is 175 Å². The van der Waals surface area contributed by atoms with Crippen LogP contribution >= 0.6 is 0 Å². The van der Waals surface area contributed by atoms with E-state index in [0.29, 0.717) is 50.4 Å². The van der Waals surface area contributed by atoms with Gasteiger partial charge < -0.3 is 20.4 Å². The smallest absolute Gasteiger partial charge is 0.404 e. The molecule has 4 aliphatic rings. The van der Waals surface area contributed by atoms with Crippen LogP contribution in [0.4, 0.5) is 0 Å². The molecule has 2 bridgehead atoms. The molecule has 1 amide bonds. The molecule has 1 saturated heterocycles. The number of hydrogen-bond donors (Lipinski definition) is 3. The van der Waals surface area contributed by atoms with Crippen molar-refractivity contribution < 1.29 is 28.7 Å². The number of ketones is 2. The van der Waals surface area contributed by atoms with Crippen LogP contribution in [0.1, 0.15) is 98.0 Å². The third kappa shape index (κ3) is 9.40. The molecule has 1 heterocycles. The molecule has 47 heavy (non-hydrogen) atoms. The lowest BCUT2D eigenvalue weighted by Gasteiger charge is -2.64. The number of Topliss-reactive ketones (excluding diaryl/α,β-unsaturated/α-hetero) is 2. The van der Waals surface area contributed by atoms with Gasteiger partial charge in [0, 0.05) is 38.1 Å². The summed E-state index contributed by atoms with van der Waals surface area (Å²) in [7, 11) is -0.587. The summed E-state index contributed by atoms with van der Waals surface area (Å²) in [5, 5.41) is 13.0. The van der Waals surface area contributed by atoms with Gasteiger partial charge in [-0.2, -0.15) is 0 Å². The minimum Gasteiger partial charge on any atom is -0.404 e. The number of carbonyl (C=O) groups is 3. The van der Waals surface area contributed by atoms with E-state index in [1.807, 2.05) is 30.3 Å². The number of nitrogens with two attached hydrogens (primary N) is 1. The van der Waals surface area contributed by atoms with Gasteiger partial charge in [-0.3, -0.25) is 14.4 Å². The predicted octanol–water partition coefficient (Wildman–Crippen LogP) is 4.22. The van der Waals surface area contributed by atoms with Gasteiger partial charge in [-0.15, -0.1) is 0 Å². The van der Waals surface area contributed by atoms with Gasteiger partial charge in [-0.25, -0.2) is 15.1 Å². The quantitative estimate of drug-likeness (QED) is 0.0523. The van der Waals surface area contributed by atoms with Gasteiger partial charge in [0.2, 0.25) is 5.91 Å². The van der Waals surface area contributed by atoms with Crippen molar-refractivity contribution in [3.63, 3.8) is 0 Å². The number of nitrogens with zero attached hydrogens (tertiary/aromatic N) is 2. The number of amides is 1. The molecule has 258 valence electrons. The summed E-state index contributed by atoms with van der Waals surface area (Å²) in [5.41, 5.74) is 8.07. The van der Waals surface area contributed by atoms with Gasteiger partial charge in [0.05, 0.1) is 17.6 Å². The summed E-state index contributed by atoms with van der Waals surface area (Å²) < 4.78 is 13.2. The molecule has 0 unspecified atom stereocenters. The Labute approximate surface area is 278 Å². The highest BCUT2D eigenvalue weighted by molar-refractivity contribution is 6.47. The first kappa shape index (κ1) is 36.5. The maximum Gasteiger partial charge on any atom is 0.481 e. The van der Waals surface area contributed by atoms with Crippen molar-refractivity contribution in [3.8, 4) is 0 Å². The number of nitrogens with one attached hydrogen (secondary N) is 2. The van der Waals surface area contributed by atoms with Crippen LogP contribution in [0.15, 0.2) is 35.3 Å². The maximum atomic E-state index is 13.9. The fourth-order valence-corrected chi connectivity index (χ4v) is 7.88. The van der Waals surface area contributed by atoms with Crippen LogP contribution in [-0.4, -0.2) is 59.8 Å². The minimum absolute atomic E-state index is 0.0180. The normalized spacial score (nSPS) is 25.8. The molecule has 3 saturated carbocycles. The molecule has 1 aliphatic heterocycles. The molecule has 4 fully saturated rings. The van der Waals surface area contributed by atoms with Crippen LogP contribution < -0.4 is 16.5 Å². The molecule has 1 aromatic carbocycles. The van der Waals surface area contributed by atoms with Crippen LogP contribution in [0.3, 0.4) is 0 Å². The Bertz CT molecular complexity index is 1310. The predicted molar refractivity (Wildman–Crippen MR) is 179 cm³/mol. The van der Waals surface area contributed by atoms with E-state index in [4.69, 9.17) is 15.0 Å². The van der Waals surface area contributed by atoms with Crippen molar-refractivity contribution in [3.05, 3.63) is 46.0 Å². The van der Waals surface area contributed by atoms with Crippen molar-refractivity contribution >= 4 is 30.6 Å². The minimum atomic E-state index is -0.790. The van der Waals surface area contributed by atoms with Gasteiger partial charge in [0.25, 0.3) is 5.96 Å². The lowest BCUT2D eigenvalue weighted by molar-refractivity contribution is -0.525. The second-order valence-corrected chi connectivity index (χ2v) is 14.9. The summed E-state index contributed by atoms with van der Waals surface area (Å²) in [4.78, 5) is 54.0. The fourth-order valence-electron chi connectivity index (χ4n) is 7.88. The van der Waals surface area contributed by atoms with Gasteiger partial charge in [0.1, 0.15) is 11.6 Å². The van der Waals surface area contributed by atoms with E-state index in [2.05, 4.69) is 44.9 Å². The molecule has 1 aromatic rings. The van der Waals surface area contributed by atoms with E-state index in [9.17, 15) is 24.5 Å². The monoisotopic (exact) mass is 653 g/mol. The fraction of sp³-hybridized carbons (Fsp3) is 0.706. The number of hydrogen-bond acceptors (Lipinski definition) is 8. The summed E-state index contributed by atoms with van der Waals surface area (Å²) >= 11 is 0. The zero-order valence-electron chi connectivity index (χ0n) is 28.5. The third-order valence-corrected chi connectivity index (χ3v) is 10.5. The standard InChI is InChI=1S/C34H52BN5O7/c1-22(2)17-30(35-46-29-21-25-20-28(33(25,3)4)34(29,5)47-35)38-31(43)24(13-10-16-37-32(36)39-40(44)45)19-27(42)15-9-14-26(41)18-23-11-7-6-8-12-23/h6-8,11-12,22,24-25,28-30H,9-10,13-21H2,1-5H3,(H,38,43)(H3,36,37,39)/t24-,25-,28-,29-,30+,34+/m1/s1. The van der Waals surface area contributed by atoms with Crippen LogP contribution in [0.25, 0.3) is 0 Å². The average Bonchev–Trinajstić information content (AvgIpc) is 3.35. The molecular formula is C34H52BN5O7. The number of benzene rings is 1. The average molecular weight is 654 g/mol. The number of hydrazine groups is 1. The number of aliphatic imine (C=N–C) groups is 1. The third-order valence-electron chi connectivity index (χ3n) is 10.5. The second kappa shape index (κ2) is 15.7. The molecule has 12 nitrogen and oxygen atoms in total. The number of rotatable bonds is 18. The second-order valence-electron chi connectivity index (χ2n) is 14.9. The van der Waals surface area contributed by atoms with Crippen molar-refractivity contribution in [2.75, 3.05) is 6.54 Å². The SMILES string of the molecule is CC(C)C[C@H](NC(=O)[C@H](CCCN=C(N)N[N+](=O)[O-])CC(=O)CCCC(=O)Cc1ccccc1)B1O[C@@H]2C[C@H]3C[C@H](C3(C)C)[C@]2(C)O1. The summed E-state index contributed by atoms with van der Waals surface area (Å²) in [6.07, 6.45) is 4.68. The van der Waals surface area contributed by atoms with Crippen molar-refractivity contribution in [2.24, 2.45) is 39.8 Å². The Balaban J connectivity index is 1.38. The molecule has 4 N–H and O–H groups in total. The summed E-state index contributed by atoms with van der Waals surface area (Å²) in [5.74, 6) is -0.399. The van der Waals surface area contributed by atoms with E-state index >= 15 is 0 Å². The van der Waals surface area contributed by atoms with E-state index in [-0.39, 0.29) is 60.3 Å². The number of nitro groups is 1. The van der Waals surface area contributed by atoms with Crippen LogP contribution in [0.2, 0.25) is 0 Å². The highest BCUT2D eigenvalue weighted by Gasteiger charge is 2.68. The van der Waals surface area contributed by atoms with Gasteiger partial charge in [-0.1, -0.05) is 63.5 Å². The Morgan fingerprint density at radius 2 is 1.81 bits per heavy atom. The van der Waals surface area contributed by atoms with Gasteiger partial charge in [0.15, 0.2) is 5.03 Å². The summed E-state index contributed by atoms with van der Waals surface area (Å²) in [6, 6.07) is 9.50. The molecule has 0 aromatic heterocycles. The first-order valence-corrected chi connectivity index (χ1v) is 17.1. The van der Waals surface area contributed by atoms with E-state index in [1.165, 1.54) is 0 Å². The Hall–Kier alpha value is -3.32. The molecule has 3 aliphatic carbocycles. The Morgan fingerprint density at radius 3 is 2.47 bits per heavy atom. The number of guanidine groups is 1. The molecule has 0 radical (unpaired) electrons. The van der Waals surface area contributed by atoms with Crippen molar-refractivity contribution in [1.29, 1.82) is 0 Å². The molecule has 13 heteroatoms. The Morgan fingerprint density at radius 1 is 1.11 bits per heavy atom. The van der Waals surface area contributed by atoms with Gasteiger partial charge in [-0.05, 0) is 74.2 Å². The van der Waals surface area contributed by atoms with Crippen LogP contribution in [0.5, 0.6) is 0 Å². The first-order chi connectivity index (χ1) is 22.2.